The molecule has 0 aromatic carbocycles. The van der Waals surface area contributed by atoms with Crippen molar-refractivity contribution in [3.8, 4) is 0 Å². The molecule has 3 heterocycles. The molecule has 1 aliphatic heterocycles. The molecular weight excluding hydrogens is 314 g/mol. The number of hydrogen-bond donors (Lipinski definition) is 2. The van der Waals surface area contributed by atoms with E-state index >= 15 is 0 Å². The van der Waals surface area contributed by atoms with Gasteiger partial charge in [-0.1, -0.05) is 0 Å². The van der Waals surface area contributed by atoms with Crippen molar-refractivity contribution in [2.24, 2.45) is 0 Å². The first kappa shape index (κ1) is 17.7. The van der Waals surface area contributed by atoms with Crippen molar-refractivity contribution in [3.63, 3.8) is 0 Å². The highest BCUT2D eigenvalue weighted by molar-refractivity contribution is 5.49. The molecule has 1 fully saturated rings. The van der Waals surface area contributed by atoms with Crippen molar-refractivity contribution in [2.45, 2.75) is 51.7 Å². The van der Waals surface area contributed by atoms with Gasteiger partial charge in [0.1, 0.15) is 18.0 Å². The maximum atomic E-state index is 4.46. The first-order valence-electron chi connectivity index (χ1n) is 8.98. The van der Waals surface area contributed by atoms with Gasteiger partial charge in [-0.05, 0) is 33.6 Å². The van der Waals surface area contributed by atoms with Gasteiger partial charge in [-0.15, -0.1) is 0 Å². The van der Waals surface area contributed by atoms with E-state index in [9.17, 15) is 0 Å². The van der Waals surface area contributed by atoms with Crippen LogP contribution in [0.5, 0.6) is 0 Å². The van der Waals surface area contributed by atoms with Gasteiger partial charge in [0, 0.05) is 50.6 Å². The fourth-order valence-corrected chi connectivity index (χ4v) is 3.19. The van der Waals surface area contributed by atoms with Gasteiger partial charge in [-0.2, -0.15) is 5.10 Å². The molecule has 25 heavy (non-hydrogen) atoms. The predicted octanol–water partition coefficient (Wildman–Crippen LogP) is 2.23. The fourth-order valence-electron chi connectivity index (χ4n) is 3.19. The third kappa shape index (κ3) is 4.28. The van der Waals surface area contributed by atoms with Gasteiger partial charge >= 0.3 is 0 Å². The molecule has 0 saturated carbocycles. The quantitative estimate of drug-likeness (QED) is 0.838. The number of hydrogen-bond acceptors (Lipinski definition) is 6. The lowest BCUT2D eigenvalue weighted by Gasteiger charge is -2.26. The van der Waals surface area contributed by atoms with Crippen LogP contribution in [0.4, 0.5) is 11.6 Å². The van der Waals surface area contributed by atoms with E-state index < -0.39 is 0 Å². The van der Waals surface area contributed by atoms with Gasteiger partial charge < -0.3 is 15.5 Å². The first-order valence-corrected chi connectivity index (χ1v) is 8.98. The lowest BCUT2D eigenvalue weighted by Crippen LogP contribution is -2.38. The van der Waals surface area contributed by atoms with E-state index in [1.807, 2.05) is 24.0 Å². The van der Waals surface area contributed by atoms with Crippen molar-refractivity contribution >= 4 is 11.6 Å². The van der Waals surface area contributed by atoms with E-state index in [1.54, 1.807) is 6.33 Å². The Morgan fingerprint density at radius 3 is 2.84 bits per heavy atom. The normalized spacial score (nSPS) is 17.9. The number of rotatable bonds is 6. The summed E-state index contributed by atoms with van der Waals surface area (Å²) in [6.45, 7) is 9.32. The van der Waals surface area contributed by atoms with Crippen LogP contribution in [0.2, 0.25) is 0 Å². The van der Waals surface area contributed by atoms with Crippen LogP contribution in [-0.4, -0.2) is 45.9 Å². The molecular formula is C18H29N7. The van der Waals surface area contributed by atoms with Crippen LogP contribution >= 0.6 is 0 Å². The molecule has 1 aliphatic rings. The van der Waals surface area contributed by atoms with Gasteiger partial charge in [0.25, 0.3) is 0 Å². The van der Waals surface area contributed by atoms with Gasteiger partial charge in [0.2, 0.25) is 0 Å². The van der Waals surface area contributed by atoms with Gasteiger partial charge in [-0.3, -0.25) is 4.68 Å². The Kier molecular flexibility index (Phi) is 5.22. The Morgan fingerprint density at radius 2 is 2.12 bits per heavy atom. The first-order chi connectivity index (χ1) is 12.0. The van der Waals surface area contributed by atoms with E-state index in [0.29, 0.717) is 6.04 Å². The molecule has 0 amide bonds. The Morgan fingerprint density at radius 1 is 1.28 bits per heavy atom. The van der Waals surface area contributed by atoms with E-state index in [-0.39, 0.29) is 5.54 Å². The summed E-state index contributed by atoms with van der Waals surface area (Å²) < 4.78 is 2.02. The highest BCUT2D eigenvalue weighted by Gasteiger charge is 2.25. The van der Waals surface area contributed by atoms with Gasteiger partial charge in [0.15, 0.2) is 0 Å². The monoisotopic (exact) mass is 343 g/mol. The van der Waals surface area contributed by atoms with Crippen LogP contribution in [-0.2, 0) is 12.1 Å². The van der Waals surface area contributed by atoms with Crippen LogP contribution in [0.25, 0.3) is 0 Å². The molecule has 2 aromatic heterocycles. The Balaban J connectivity index is 1.56. The van der Waals surface area contributed by atoms with Crippen LogP contribution in [0.15, 0.2) is 24.8 Å². The molecule has 2 N–H and O–H groups in total. The zero-order valence-corrected chi connectivity index (χ0v) is 15.7. The van der Waals surface area contributed by atoms with Crippen LogP contribution in [0.1, 0.15) is 39.2 Å². The van der Waals surface area contributed by atoms with Gasteiger partial charge in [0.05, 0.1) is 11.7 Å². The SMILES string of the molecule is CNc1cc(N2CCC[C@@H]2CNCc2cnn(C(C)(C)C)c2)ncn1. The summed E-state index contributed by atoms with van der Waals surface area (Å²) in [5.41, 5.74) is 1.25. The summed E-state index contributed by atoms with van der Waals surface area (Å²) in [6, 6.07) is 2.49. The summed E-state index contributed by atoms with van der Waals surface area (Å²) in [6.07, 6.45) is 8.10. The molecule has 3 rings (SSSR count). The second-order valence-corrected chi connectivity index (χ2v) is 7.60. The van der Waals surface area contributed by atoms with Crippen molar-refractivity contribution in [1.82, 2.24) is 25.1 Å². The predicted molar refractivity (Wildman–Crippen MR) is 101 cm³/mol. The minimum atomic E-state index is 0.0263. The van der Waals surface area contributed by atoms with E-state index in [1.165, 1.54) is 18.4 Å². The van der Waals surface area contributed by atoms with Crippen molar-refractivity contribution in [1.29, 1.82) is 0 Å². The standard InChI is InChI=1S/C18H29N7/c1-18(2,3)25-12-14(10-23-25)9-20-11-15-6-5-7-24(15)17-8-16(19-4)21-13-22-17/h8,10,12-13,15,20H,5-7,9,11H2,1-4H3,(H,19,21,22)/t15-/m1/s1. The minimum Gasteiger partial charge on any atom is -0.373 e. The molecule has 2 aromatic rings. The maximum absolute atomic E-state index is 4.46. The topological polar surface area (TPSA) is 70.9 Å². The average Bonchev–Trinajstić information content (AvgIpc) is 3.24. The summed E-state index contributed by atoms with van der Waals surface area (Å²) in [5.74, 6) is 1.86. The number of nitrogens with one attached hydrogen (secondary N) is 2. The van der Waals surface area contributed by atoms with Crippen molar-refractivity contribution < 1.29 is 0 Å². The van der Waals surface area contributed by atoms with Crippen molar-refractivity contribution in [2.75, 3.05) is 30.4 Å². The highest BCUT2D eigenvalue weighted by atomic mass is 15.3. The smallest absolute Gasteiger partial charge is 0.134 e. The van der Waals surface area contributed by atoms with E-state index in [0.717, 1.165) is 31.3 Å². The molecule has 1 atom stereocenters. The van der Waals surface area contributed by atoms with E-state index in [2.05, 4.69) is 57.6 Å². The van der Waals surface area contributed by atoms with Crippen molar-refractivity contribution in [3.05, 3.63) is 30.4 Å². The molecule has 136 valence electrons. The zero-order valence-electron chi connectivity index (χ0n) is 15.7. The molecule has 0 bridgehead atoms. The summed E-state index contributed by atoms with van der Waals surface area (Å²) in [7, 11) is 1.88. The summed E-state index contributed by atoms with van der Waals surface area (Å²) >= 11 is 0. The lowest BCUT2D eigenvalue weighted by atomic mass is 10.1. The molecule has 7 heteroatoms. The molecule has 1 saturated heterocycles. The number of anilines is 2. The maximum Gasteiger partial charge on any atom is 0.134 e. The average molecular weight is 343 g/mol. The van der Waals surface area contributed by atoms with E-state index in [4.69, 9.17) is 0 Å². The Hall–Kier alpha value is -2.15. The second kappa shape index (κ2) is 7.39. The third-order valence-electron chi connectivity index (χ3n) is 4.61. The molecule has 0 spiro atoms. The van der Waals surface area contributed by atoms with Gasteiger partial charge in [-0.25, -0.2) is 9.97 Å². The highest BCUT2D eigenvalue weighted by Crippen LogP contribution is 2.24. The number of aromatic nitrogens is 4. The third-order valence-corrected chi connectivity index (χ3v) is 4.61. The minimum absolute atomic E-state index is 0.0263. The Bertz CT molecular complexity index is 689. The summed E-state index contributed by atoms with van der Waals surface area (Å²) in [4.78, 5) is 11.0. The molecule has 7 nitrogen and oxygen atoms in total. The second-order valence-electron chi connectivity index (χ2n) is 7.60. The fraction of sp³-hybridized carbons (Fsp3) is 0.611. The Labute approximate surface area is 149 Å². The van der Waals surface area contributed by atoms with Crippen LogP contribution in [0.3, 0.4) is 0 Å². The summed E-state index contributed by atoms with van der Waals surface area (Å²) in [5, 5.41) is 11.1. The molecule has 0 aliphatic carbocycles. The molecule has 0 radical (unpaired) electrons. The zero-order chi connectivity index (χ0) is 17.9. The lowest BCUT2D eigenvalue weighted by molar-refractivity contribution is 0.355. The molecule has 0 unspecified atom stereocenters. The van der Waals surface area contributed by atoms with Crippen LogP contribution in [0, 0.1) is 0 Å². The largest absolute Gasteiger partial charge is 0.373 e. The van der Waals surface area contributed by atoms with Crippen LogP contribution < -0.4 is 15.5 Å². The number of nitrogens with zero attached hydrogens (tertiary/aromatic N) is 5.